The third kappa shape index (κ3) is 3.33. The van der Waals surface area contributed by atoms with Crippen LogP contribution in [0.2, 0.25) is 0 Å². The Kier molecular flexibility index (Phi) is 4.41. The van der Waals surface area contributed by atoms with Gasteiger partial charge in [-0.2, -0.15) is 0 Å². The number of hydrogen-bond acceptors (Lipinski definition) is 2. The van der Waals surface area contributed by atoms with E-state index in [-0.39, 0.29) is 0 Å². The van der Waals surface area contributed by atoms with Crippen LogP contribution in [0, 0.1) is 6.92 Å². The maximum atomic E-state index is 3.79. The van der Waals surface area contributed by atoms with Crippen LogP contribution in [0.5, 0.6) is 0 Å². The van der Waals surface area contributed by atoms with Crippen molar-refractivity contribution in [2.45, 2.75) is 45.2 Å². The number of nitrogens with one attached hydrogen (secondary N) is 1. The van der Waals surface area contributed by atoms with Gasteiger partial charge in [0, 0.05) is 12.1 Å². The molecule has 2 rings (SSSR count). The Hall–Kier alpha value is -0.860. The molecule has 18 heavy (non-hydrogen) atoms. The fourth-order valence-corrected chi connectivity index (χ4v) is 2.77. The smallest absolute Gasteiger partial charge is 0.0328 e. The molecule has 1 N–H and O–H groups in total. The highest BCUT2D eigenvalue weighted by atomic mass is 15.1. The lowest BCUT2D eigenvalue weighted by molar-refractivity contribution is 0.349. The third-order valence-electron chi connectivity index (χ3n) is 3.87. The van der Waals surface area contributed by atoms with Gasteiger partial charge in [-0.1, -0.05) is 23.8 Å². The van der Waals surface area contributed by atoms with Gasteiger partial charge in [-0.3, -0.25) is 0 Å². The molecule has 2 heteroatoms. The first-order valence-electron chi connectivity index (χ1n) is 7.06. The van der Waals surface area contributed by atoms with Crippen molar-refractivity contribution >= 4 is 0 Å². The van der Waals surface area contributed by atoms with Crippen molar-refractivity contribution in [3.63, 3.8) is 0 Å². The molecule has 0 heterocycles. The molecule has 0 saturated heterocycles. The number of rotatable bonds is 5. The molecular formula is C16H26N2. The quantitative estimate of drug-likeness (QED) is 0.859. The van der Waals surface area contributed by atoms with Gasteiger partial charge in [-0.15, -0.1) is 0 Å². The summed E-state index contributed by atoms with van der Waals surface area (Å²) in [6, 6.07) is 8.05. The summed E-state index contributed by atoms with van der Waals surface area (Å²) < 4.78 is 0. The monoisotopic (exact) mass is 246 g/mol. The van der Waals surface area contributed by atoms with E-state index in [4.69, 9.17) is 0 Å². The van der Waals surface area contributed by atoms with Crippen LogP contribution in [0.1, 0.15) is 42.5 Å². The SMILES string of the molecule is Cc1ccc2c(c1)C(NC(C)CCN(C)C)CC2. The van der Waals surface area contributed by atoms with E-state index in [0.717, 1.165) is 6.54 Å². The van der Waals surface area contributed by atoms with E-state index in [2.05, 4.69) is 56.4 Å². The summed E-state index contributed by atoms with van der Waals surface area (Å²) in [7, 11) is 4.28. The standard InChI is InChI=1S/C16H26N2/c1-12-5-6-14-7-8-16(15(14)11-12)17-13(2)9-10-18(3)4/h5-6,11,13,16-17H,7-10H2,1-4H3. The Morgan fingerprint density at radius 3 is 2.89 bits per heavy atom. The number of hydrogen-bond donors (Lipinski definition) is 1. The number of benzene rings is 1. The lowest BCUT2D eigenvalue weighted by Crippen LogP contribution is -2.32. The molecule has 0 aromatic heterocycles. The van der Waals surface area contributed by atoms with E-state index in [1.54, 1.807) is 0 Å². The molecule has 1 aliphatic rings. The highest BCUT2D eigenvalue weighted by Gasteiger charge is 2.23. The summed E-state index contributed by atoms with van der Waals surface area (Å²) in [5.41, 5.74) is 4.45. The Labute approximate surface area is 111 Å². The van der Waals surface area contributed by atoms with Crippen LogP contribution in [0.25, 0.3) is 0 Å². The normalized spacial score (nSPS) is 20.2. The summed E-state index contributed by atoms with van der Waals surface area (Å²) in [6.45, 7) is 5.64. The van der Waals surface area contributed by atoms with E-state index in [0.29, 0.717) is 12.1 Å². The molecule has 2 unspecified atom stereocenters. The van der Waals surface area contributed by atoms with Gasteiger partial charge in [0.25, 0.3) is 0 Å². The lowest BCUT2D eigenvalue weighted by atomic mass is 10.0. The molecule has 2 nitrogen and oxygen atoms in total. The van der Waals surface area contributed by atoms with Crippen LogP contribution in [0.3, 0.4) is 0 Å². The zero-order valence-corrected chi connectivity index (χ0v) is 12.2. The van der Waals surface area contributed by atoms with Crippen LogP contribution in [0.15, 0.2) is 18.2 Å². The van der Waals surface area contributed by atoms with Crippen molar-refractivity contribution in [3.8, 4) is 0 Å². The summed E-state index contributed by atoms with van der Waals surface area (Å²) in [4.78, 5) is 2.25. The predicted octanol–water partition coefficient (Wildman–Crippen LogP) is 2.91. The summed E-state index contributed by atoms with van der Waals surface area (Å²) in [6.07, 6.45) is 3.70. The van der Waals surface area contributed by atoms with Gasteiger partial charge in [0.1, 0.15) is 0 Å². The minimum atomic E-state index is 0.567. The molecule has 0 bridgehead atoms. The fraction of sp³-hybridized carbons (Fsp3) is 0.625. The maximum Gasteiger partial charge on any atom is 0.0328 e. The van der Waals surface area contributed by atoms with Gasteiger partial charge in [0.2, 0.25) is 0 Å². The average molecular weight is 246 g/mol. The highest BCUT2D eigenvalue weighted by molar-refractivity contribution is 5.37. The Balaban J connectivity index is 1.94. The molecule has 0 radical (unpaired) electrons. The van der Waals surface area contributed by atoms with Crippen LogP contribution >= 0.6 is 0 Å². The number of fused-ring (bicyclic) bond motifs is 1. The summed E-state index contributed by atoms with van der Waals surface area (Å²) in [5, 5.41) is 3.79. The predicted molar refractivity (Wildman–Crippen MR) is 78.0 cm³/mol. The Bertz CT molecular complexity index is 398. The van der Waals surface area contributed by atoms with Gasteiger partial charge >= 0.3 is 0 Å². The van der Waals surface area contributed by atoms with E-state index < -0.39 is 0 Å². The van der Waals surface area contributed by atoms with Crippen molar-refractivity contribution in [2.75, 3.05) is 20.6 Å². The van der Waals surface area contributed by atoms with Crippen LogP contribution in [-0.2, 0) is 6.42 Å². The minimum Gasteiger partial charge on any atom is -0.309 e. The highest BCUT2D eigenvalue weighted by Crippen LogP contribution is 2.32. The molecular weight excluding hydrogens is 220 g/mol. The zero-order chi connectivity index (χ0) is 13.1. The molecule has 0 saturated carbocycles. The van der Waals surface area contributed by atoms with Gasteiger partial charge in [0.15, 0.2) is 0 Å². The van der Waals surface area contributed by atoms with E-state index >= 15 is 0 Å². The number of aryl methyl sites for hydroxylation is 2. The Morgan fingerprint density at radius 1 is 1.39 bits per heavy atom. The molecule has 1 aliphatic carbocycles. The second-order valence-electron chi connectivity index (χ2n) is 5.95. The van der Waals surface area contributed by atoms with Crippen molar-refractivity contribution in [3.05, 3.63) is 34.9 Å². The van der Waals surface area contributed by atoms with Gasteiger partial charge in [-0.05, 0) is 64.9 Å². The van der Waals surface area contributed by atoms with Crippen molar-refractivity contribution < 1.29 is 0 Å². The van der Waals surface area contributed by atoms with Crippen LogP contribution in [-0.4, -0.2) is 31.6 Å². The first-order chi connectivity index (χ1) is 8.56. The molecule has 0 fully saturated rings. The van der Waals surface area contributed by atoms with Gasteiger partial charge < -0.3 is 10.2 Å². The largest absolute Gasteiger partial charge is 0.309 e. The van der Waals surface area contributed by atoms with Crippen LogP contribution in [0.4, 0.5) is 0 Å². The third-order valence-corrected chi connectivity index (χ3v) is 3.87. The second-order valence-corrected chi connectivity index (χ2v) is 5.95. The van der Waals surface area contributed by atoms with Gasteiger partial charge in [-0.25, -0.2) is 0 Å². The van der Waals surface area contributed by atoms with Crippen molar-refractivity contribution in [1.29, 1.82) is 0 Å². The minimum absolute atomic E-state index is 0.567. The average Bonchev–Trinajstić information content (AvgIpc) is 2.69. The van der Waals surface area contributed by atoms with Crippen molar-refractivity contribution in [2.24, 2.45) is 0 Å². The molecule has 0 amide bonds. The molecule has 100 valence electrons. The molecule has 1 aromatic rings. The molecule has 2 atom stereocenters. The summed E-state index contributed by atoms with van der Waals surface area (Å²) >= 11 is 0. The maximum absolute atomic E-state index is 3.79. The fourth-order valence-electron chi connectivity index (χ4n) is 2.77. The van der Waals surface area contributed by atoms with Crippen LogP contribution < -0.4 is 5.32 Å². The van der Waals surface area contributed by atoms with Gasteiger partial charge in [0.05, 0.1) is 0 Å². The van der Waals surface area contributed by atoms with E-state index in [1.165, 1.54) is 36.0 Å². The molecule has 0 aliphatic heterocycles. The van der Waals surface area contributed by atoms with E-state index in [1.807, 2.05) is 0 Å². The second kappa shape index (κ2) is 5.85. The van der Waals surface area contributed by atoms with E-state index in [9.17, 15) is 0 Å². The Morgan fingerprint density at radius 2 is 2.17 bits per heavy atom. The first kappa shape index (κ1) is 13.6. The topological polar surface area (TPSA) is 15.3 Å². The van der Waals surface area contributed by atoms with Crippen molar-refractivity contribution in [1.82, 2.24) is 10.2 Å². The zero-order valence-electron chi connectivity index (χ0n) is 12.2. The first-order valence-corrected chi connectivity index (χ1v) is 7.06. The lowest BCUT2D eigenvalue weighted by Gasteiger charge is -2.22. The summed E-state index contributed by atoms with van der Waals surface area (Å²) in [5.74, 6) is 0. The molecule has 0 spiro atoms. The number of nitrogens with zero attached hydrogens (tertiary/aromatic N) is 1. The molecule has 1 aromatic carbocycles.